The highest BCUT2D eigenvalue weighted by Crippen LogP contribution is 2.24. The van der Waals surface area contributed by atoms with E-state index in [0.717, 1.165) is 0 Å². The first-order chi connectivity index (χ1) is 9.52. The van der Waals surface area contributed by atoms with Crippen LogP contribution in [0.3, 0.4) is 0 Å². The Balaban J connectivity index is 2.32. The summed E-state index contributed by atoms with van der Waals surface area (Å²) in [6.07, 6.45) is 0. The van der Waals surface area contributed by atoms with Crippen LogP contribution in [0.5, 0.6) is 0 Å². The quantitative estimate of drug-likeness (QED) is 0.813. The van der Waals surface area contributed by atoms with Gasteiger partial charge in [-0.2, -0.15) is 5.26 Å². The van der Waals surface area contributed by atoms with Gasteiger partial charge in [0.2, 0.25) is 0 Å². The number of hydrogen-bond acceptors (Lipinski definition) is 2. The van der Waals surface area contributed by atoms with Gasteiger partial charge >= 0.3 is 0 Å². The Labute approximate surface area is 130 Å². The molecule has 0 aliphatic carbocycles. The first-order valence-corrected chi connectivity index (χ1v) is 6.93. The van der Waals surface area contributed by atoms with Gasteiger partial charge in [0.25, 0.3) is 5.91 Å². The standard InChI is InChI=1S/C15H10BrClN2O/c1-19(12-5-2-10(9-18)3-6-12)15(20)13-8-11(17)4-7-14(13)16/h2-8H,1H3. The van der Waals surface area contributed by atoms with Gasteiger partial charge in [-0.25, -0.2) is 0 Å². The Bertz CT molecular complexity index is 692. The molecule has 20 heavy (non-hydrogen) atoms. The summed E-state index contributed by atoms with van der Waals surface area (Å²) in [4.78, 5) is 14.0. The first-order valence-electron chi connectivity index (χ1n) is 5.76. The first kappa shape index (κ1) is 14.6. The summed E-state index contributed by atoms with van der Waals surface area (Å²) in [5, 5.41) is 9.27. The van der Waals surface area contributed by atoms with Crippen molar-refractivity contribution in [3.63, 3.8) is 0 Å². The lowest BCUT2D eigenvalue weighted by atomic mass is 10.1. The number of amides is 1. The third kappa shape index (κ3) is 3.01. The van der Waals surface area contributed by atoms with Gasteiger partial charge < -0.3 is 4.90 Å². The predicted octanol–water partition coefficient (Wildman–Crippen LogP) is 4.25. The van der Waals surface area contributed by atoms with E-state index >= 15 is 0 Å². The van der Waals surface area contributed by atoms with E-state index in [-0.39, 0.29) is 5.91 Å². The van der Waals surface area contributed by atoms with E-state index in [2.05, 4.69) is 15.9 Å². The largest absolute Gasteiger partial charge is 0.311 e. The summed E-state index contributed by atoms with van der Waals surface area (Å²) in [6, 6.07) is 13.9. The maximum absolute atomic E-state index is 12.4. The molecule has 0 N–H and O–H groups in total. The second kappa shape index (κ2) is 6.08. The minimum absolute atomic E-state index is 0.177. The summed E-state index contributed by atoms with van der Waals surface area (Å²) < 4.78 is 0.687. The zero-order chi connectivity index (χ0) is 14.7. The van der Waals surface area contributed by atoms with Gasteiger partial charge in [0.05, 0.1) is 17.2 Å². The van der Waals surface area contributed by atoms with E-state index in [1.54, 1.807) is 49.5 Å². The molecule has 2 aromatic rings. The van der Waals surface area contributed by atoms with E-state index < -0.39 is 0 Å². The van der Waals surface area contributed by atoms with Gasteiger partial charge in [0.15, 0.2) is 0 Å². The van der Waals surface area contributed by atoms with Crippen LogP contribution in [0, 0.1) is 11.3 Å². The number of anilines is 1. The maximum atomic E-state index is 12.4. The molecule has 1 amide bonds. The van der Waals surface area contributed by atoms with Crippen LogP contribution in [0.25, 0.3) is 0 Å². The maximum Gasteiger partial charge on any atom is 0.259 e. The van der Waals surface area contributed by atoms with Crippen LogP contribution in [-0.4, -0.2) is 13.0 Å². The average molecular weight is 350 g/mol. The Hall–Kier alpha value is -1.83. The molecule has 0 atom stereocenters. The molecular formula is C15H10BrClN2O. The van der Waals surface area contributed by atoms with E-state index in [4.69, 9.17) is 16.9 Å². The molecule has 0 aliphatic heterocycles. The topological polar surface area (TPSA) is 44.1 Å². The van der Waals surface area contributed by atoms with Gasteiger partial charge in [0, 0.05) is 22.2 Å². The predicted molar refractivity (Wildman–Crippen MR) is 83.0 cm³/mol. The highest BCUT2D eigenvalue weighted by molar-refractivity contribution is 9.10. The molecule has 0 aromatic heterocycles. The second-order valence-electron chi connectivity index (χ2n) is 4.15. The average Bonchev–Trinajstić information content (AvgIpc) is 2.48. The van der Waals surface area contributed by atoms with Crippen LogP contribution in [0.4, 0.5) is 5.69 Å². The lowest BCUT2D eigenvalue weighted by Gasteiger charge is -2.18. The lowest BCUT2D eigenvalue weighted by molar-refractivity contribution is 0.0992. The Morgan fingerprint density at radius 1 is 1.25 bits per heavy atom. The van der Waals surface area contributed by atoms with Crippen molar-refractivity contribution in [1.82, 2.24) is 0 Å². The van der Waals surface area contributed by atoms with Gasteiger partial charge in [-0.15, -0.1) is 0 Å². The molecule has 3 nitrogen and oxygen atoms in total. The van der Waals surface area contributed by atoms with Crippen molar-refractivity contribution < 1.29 is 4.79 Å². The van der Waals surface area contributed by atoms with E-state index in [1.165, 1.54) is 4.90 Å². The number of halogens is 2. The Morgan fingerprint density at radius 3 is 2.50 bits per heavy atom. The third-order valence-corrected chi connectivity index (χ3v) is 3.77. The van der Waals surface area contributed by atoms with Crippen LogP contribution in [0.2, 0.25) is 5.02 Å². The summed E-state index contributed by atoms with van der Waals surface area (Å²) in [5.41, 5.74) is 1.75. The molecule has 0 saturated carbocycles. The van der Waals surface area contributed by atoms with Crippen molar-refractivity contribution in [3.05, 3.63) is 63.1 Å². The van der Waals surface area contributed by atoms with Crippen molar-refractivity contribution in [2.75, 3.05) is 11.9 Å². The highest BCUT2D eigenvalue weighted by atomic mass is 79.9. The third-order valence-electron chi connectivity index (χ3n) is 2.85. The summed E-state index contributed by atoms with van der Waals surface area (Å²) >= 11 is 9.27. The van der Waals surface area contributed by atoms with Crippen LogP contribution >= 0.6 is 27.5 Å². The van der Waals surface area contributed by atoms with E-state index in [1.807, 2.05) is 6.07 Å². The molecule has 100 valence electrons. The molecular weight excluding hydrogens is 340 g/mol. The van der Waals surface area contributed by atoms with Gasteiger partial charge in [-0.1, -0.05) is 11.6 Å². The number of benzene rings is 2. The van der Waals surface area contributed by atoms with Crippen molar-refractivity contribution >= 4 is 39.1 Å². The van der Waals surface area contributed by atoms with Crippen molar-refractivity contribution in [2.45, 2.75) is 0 Å². The molecule has 0 bridgehead atoms. The Morgan fingerprint density at radius 2 is 1.90 bits per heavy atom. The fourth-order valence-electron chi connectivity index (χ4n) is 1.72. The molecule has 2 aromatic carbocycles. The summed E-state index contributed by atoms with van der Waals surface area (Å²) in [7, 11) is 1.68. The highest BCUT2D eigenvalue weighted by Gasteiger charge is 2.16. The lowest BCUT2D eigenvalue weighted by Crippen LogP contribution is -2.26. The monoisotopic (exact) mass is 348 g/mol. The van der Waals surface area contributed by atoms with Gasteiger partial charge in [0.1, 0.15) is 0 Å². The van der Waals surface area contributed by atoms with E-state index in [0.29, 0.717) is 26.3 Å². The van der Waals surface area contributed by atoms with Crippen LogP contribution in [0.1, 0.15) is 15.9 Å². The number of carbonyl (C=O) groups is 1. The molecule has 0 unspecified atom stereocenters. The molecule has 5 heteroatoms. The molecule has 0 heterocycles. The van der Waals surface area contributed by atoms with Crippen molar-refractivity contribution in [3.8, 4) is 6.07 Å². The van der Waals surface area contributed by atoms with Crippen LogP contribution < -0.4 is 4.90 Å². The van der Waals surface area contributed by atoms with Crippen LogP contribution in [-0.2, 0) is 0 Å². The molecule has 0 aliphatic rings. The summed E-state index contributed by atoms with van der Waals surface area (Å²) in [6.45, 7) is 0. The number of nitriles is 1. The van der Waals surface area contributed by atoms with E-state index in [9.17, 15) is 4.79 Å². The minimum atomic E-state index is -0.177. The van der Waals surface area contributed by atoms with Crippen molar-refractivity contribution in [1.29, 1.82) is 5.26 Å². The number of rotatable bonds is 2. The Kier molecular flexibility index (Phi) is 4.43. The molecule has 2 rings (SSSR count). The van der Waals surface area contributed by atoms with Crippen LogP contribution in [0.15, 0.2) is 46.9 Å². The second-order valence-corrected chi connectivity index (χ2v) is 5.44. The fourth-order valence-corrected chi connectivity index (χ4v) is 2.31. The number of nitrogens with zero attached hydrogens (tertiary/aromatic N) is 2. The minimum Gasteiger partial charge on any atom is -0.311 e. The molecule has 0 radical (unpaired) electrons. The fraction of sp³-hybridized carbons (Fsp3) is 0.0667. The molecule has 0 saturated heterocycles. The number of carbonyl (C=O) groups excluding carboxylic acids is 1. The van der Waals surface area contributed by atoms with Gasteiger partial charge in [-0.05, 0) is 58.4 Å². The zero-order valence-corrected chi connectivity index (χ0v) is 12.9. The SMILES string of the molecule is CN(C(=O)c1cc(Cl)ccc1Br)c1ccc(C#N)cc1. The van der Waals surface area contributed by atoms with Crippen molar-refractivity contribution in [2.24, 2.45) is 0 Å². The normalized spacial score (nSPS) is 9.90. The summed E-state index contributed by atoms with van der Waals surface area (Å²) in [5.74, 6) is -0.177. The smallest absolute Gasteiger partial charge is 0.259 e. The zero-order valence-electron chi connectivity index (χ0n) is 10.6. The number of hydrogen-bond donors (Lipinski definition) is 0. The van der Waals surface area contributed by atoms with Gasteiger partial charge in [-0.3, -0.25) is 4.79 Å². The molecule has 0 spiro atoms. The molecule has 0 fully saturated rings.